The van der Waals surface area contributed by atoms with Gasteiger partial charge in [-0.3, -0.25) is 0 Å². The molecule has 122 valence electrons. The number of rotatable bonds is 2. The average molecular weight is 322 g/mol. The number of anilines is 1. The van der Waals surface area contributed by atoms with Gasteiger partial charge in [0.15, 0.2) is 5.65 Å². The highest BCUT2D eigenvalue weighted by Gasteiger charge is 2.18. The Labute approximate surface area is 139 Å². The van der Waals surface area contributed by atoms with Crippen molar-refractivity contribution in [2.45, 2.75) is 19.4 Å². The molecule has 24 heavy (non-hydrogen) atoms. The fourth-order valence-electron chi connectivity index (χ4n) is 3.41. The molecule has 0 saturated carbocycles. The van der Waals surface area contributed by atoms with E-state index in [1.54, 1.807) is 0 Å². The van der Waals surface area contributed by atoms with Gasteiger partial charge >= 0.3 is 0 Å². The van der Waals surface area contributed by atoms with Crippen LogP contribution in [0.2, 0.25) is 0 Å². The summed E-state index contributed by atoms with van der Waals surface area (Å²) in [6.45, 7) is 4.15. The van der Waals surface area contributed by atoms with E-state index in [1.807, 2.05) is 24.5 Å². The van der Waals surface area contributed by atoms with Crippen LogP contribution in [0.25, 0.3) is 22.4 Å². The number of hydrogen-bond donors (Lipinski definition) is 0. The Morgan fingerprint density at radius 1 is 0.958 bits per heavy atom. The third-order valence-electron chi connectivity index (χ3n) is 4.68. The van der Waals surface area contributed by atoms with Crippen molar-refractivity contribution in [2.75, 3.05) is 31.2 Å². The monoisotopic (exact) mass is 322 g/mol. The summed E-state index contributed by atoms with van der Waals surface area (Å²) in [5.41, 5.74) is 3.77. The van der Waals surface area contributed by atoms with Crippen molar-refractivity contribution >= 4 is 17.1 Å². The summed E-state index contributed by atoms with van der Waals surface area (Å²) in [6.07, 6.45) is 5.91. The Morgan fingerprint density at radius 2 is 1.79 bits per heavy atom. The first-order valence-corrected chi connectivity index (χ1v) is 8.40. The first-order chi connectivity index (χ1) is 11.9. The quantitative estimate of drug-likeness (QED) is 0.715. The third kappa shape index (κ3) is 2.24. The topological polar surface area (TPSA) is 69.0 Å². The summed E-state index contributed by atoms with van der Waals surface area (Å²) in [5, 5.41) is 0. The highest BCUT2D eigenvalue weighted by molar-refractivity contribution is 5.76. The molecule has 5 rings (SSSR count). The molecule has 5 heterocycles. The molecule has 0 aliphatic carbocycles. The molecule has 0 unspecified atom stereocenters. The highest BCUT2D eigenvalue weighted by atomic mass is 16.5. The maximum absolute atomic E-state index is 5.37. The molecular formula is C17H18N6O. The number of hydrogen-bond acceptors (Lipinski definition) is 6. The lowest BCUT2D eigenvalue weighted by atomic mass is 10.2. The number of imidazole rings is 1. The van der Waals surface area contributed by atoms with Crippen LogP contribution in [0.1, 0.15) is 12.2 Å². The van der Waals surface area contributed by atoms with E-state index >= 15 is 0 Å². The molecule has 0 radical (unpaired) electrons. The van der Waals surface area contributed by atoms with Crippen LogP contribution < -0.4 is 4.90 Å². The van der Waals surface area contributed by atoms with Gasteiger partial charge in [-0.2, -0.15) is 0 Å². The number of fused-ring (bicyclic) bond motifs is 3. The van der Waals surface area contributed by atoms with Gasteiger partial charge in [-0.25, -0.2) is 19.9 Å². The lowest BCUT2D eigenvalue weighted by Crippen LogP contribution is -2.37. The number of aryl methyl sites for hydroxylation is 2. The molecule has 0 aromatic carbocycles. The molecule has 0 amide bonds. The van der Waals surface area contributed by atoms with E-state index in [0.717, 1.165) is 79.9 Å². The Morgan fingerprint density at radius 3 is 2.62 bits per heavy atom. The van der Waals surface area contributed by atoms with Crippen molar-refractivity contribution in [1.82, 2.24) is 24.5 Å². The highest BCUT2D eigenvalue weighted by Crippen LogP contribution is 2.25. The van der Waals surface area contributed by atoms with E-state index in [0.29, 0.717) is 0 Å². The zero-order chi connectivity index (χ0) is 15.9. The first kappa shape index (κ1) is 13.9. The number of ether oxygens (including phenoxy) is 1. The van der Waals surface area contributed by atoms with Gasteiger partial charge in [0, 0.05) is 44.0 Å². The summed E-state index contributed by atoms with van der Waals surface area (Å²) in [6, 6.07) is 4.04. The van der Waals surface area contributed by atoms with E-state index in [-0.39, 0.29) is 0 Å². The zero-order valence-corrected chi connectivity index (χ0v) is 13.4. The smallest absolute Gasteiger partial charge is 0.225 e. The maximum atomic E-state index is 5.37. The van der Waals surface area contributed by atoms with Crippen molar-refractivity contribution in [3.63, 3.8) is 0 Å². The maximum Gasteiger partial charge on any atom is 0.225 e. The van der Waals surface area contributed by atoms with Gasteiger partial charge in [0.25, 0.3) is 0 Å². The lowest BCUT2D eigenvalue weighted by molar-refractivity contribution is 0.122. The Hall–Kier alpha value is -2.54. The molecule has 7 nitrogen and oxygen atoms in total. The molecular weight excluding hydrogens is 304 g/mol. The largest absolute Gasteiger partial charge is 0.378 e. The SMILES string of the molecule is c1nc(N2CCOCC2)ncc1-c1ccc2nc3n(c2n1)CCC3. The normalized spacial score (nSPS) is 17.4. The van der Waals surface area contributed by atoms with E-state index in [2.05, 4.69) is 24.4 Å². The molecule has 2 aliphatic rings. The van der Waals surface area contributed by atoms with Gasteiger partial charge in [-0.1, -0.05) is 0 Å². The Kier molecular flexibility index (Phi) is 3.19. The molecule has 0 N–H and O–H groups in total. The Balaban J connectivity index is 1.48. The van der Waals surface area contributed by atoms with Crippen LogP contribution >= 0.6 is 0 Å². The van der Waals surface area contributed by atoms with Crippen LogP contribution in [0.5, 0.6) is 0 Å². The van der Waals surface area contributed by atoms with Crippen LogP contribution in [0.3, 0.4) is 0 Å². The Bertz CT molecular complexity index is 882. The van der Waals surface area contributed by atoms with Crippen molar-refractivity contribution in [2.24, 2.45) is 0 Å². The number of aromatic nitrogens is 5. The van der Waals surface area contributed by atoms with Crippen LogP contribution in [0, 0.1) is 0 Å². The van der Waals surface area contributed by atoms with Crippen molar-refractivity contribution in [1.29, 1.82) is 0 Å². The molecule has 3 aromatic rings. The number of pyridine rings is 1. The molecule has 0 spiro atoms. The minimum atomic E-state index is 0.732. The summed E-state index contributed by atoms with van der Waals surface area (Å²) in [7, 11) is 0. The van der Waals surface area contributed by atoms with E-state index in [9.17, 15) is 0 Å². The average Bonchev–Trinajstić information content (AvgIpc) is 3.23. The number of nitrogens with zero attached hydrogens (tertiary/aromatic N) is 6. The molecule has 2 aliphatic heterocycles. The minimum Gasteiger partial charge on any atom is -0.378 e. The van der Waals surface area contributed by atoms with Crippen molar-refractivity contribution < 1.29 is 4.74 Å². The van der Waals surface area contributed by atoms with Gasteiger partial charge in [0.1, 0.15) is 11.3 Å². The summed E-state index contributed by atoms with van der Waals surface area (Å²) in [5.74, 6) is 1.90. The second kappa shape index (κ2) is 5.52. The molecule has 0 atom stereocenters. The van der Waals surface area contributed by atoms with Crippen LogP contribution in [-0.4, -0.2) is 50.8 Å². The molecule has 1 saturated heterocycles. The summed E-state index contributed by atoms with van der Waals surface area (Å²) in [4.78, 5) is 20.6. The number of morpholine rings is 1. The summed E-state index contributed by atoms with van der Waals surface area (Å²) < 4.78 is 7.59. The fourth-order valence-corrected chi connectivity index (χ4v) is 3.41. The second-order valence-electron chi connectivity index (χ2n) is 6.19. The van der Waals surface area contributed by atoms with Crippen LogP contribution in [-0.2, 0) is 17.7 Å². The van der Waals surface area contributed by atoms with E-state index in [4.69, 9.17) is 9.72 Å². The minimum absolute atomic E-state index is 0.732. The zero-order valence-electron chi connectivity index (χ0n) is 13.4. The van der Waals surface area contributed by atoms with E-state index < -0.39 is 0 Å². The first-order valence-electron chi connectivity index (χ1n) is 8.40. The van der Waals surface area contributed by atoms with E-state index in [1.165, 1.54) is 0 Å². The predicted octanol–water partition coefficient (Wildman–Crippen LogP) is 1.67. The molecule has 7 heteroatoms. The molecule has 1 fully saturated rings. The van der Waals surface area contributed by atoms with Gasteiger partial charge < -0.3 is 14.2 Å². The van der Waals surface area contributed by atoms with Crippen molar-refractivity contribution in [3.8, 4) is 11.3 Å². The second-order valence-corrected chi connectivity index (χ2v) is 6.19. The van der Waals surface area contributed by atoms with Gasteiger partial charge in [0.05, 0.1) is 18.9 Å². The standard InChI is InChI=1S/C17H18N6O/c1-2-15-20-14-4-3-13(21-16(14)23(15)5-1)12-10-18-17(19-11-12)22-6-8-24-9-7-22/h3-4,10-11H,1-2,5-9H2. The van der Waals surface area contributed by atoms with Gasteiger partial charge in [0.2, 0.25) is 5.95 Å². The fraction of sp³-hybridized carbons (Fsp3) is 0.412. The predicted molar refractivity (Wildman–Crippen MR) is 89.9 cm³/mol. The van der Waals surface area contributed by atoms with Crippen molar-refractivity contribution in [3.05, 3.63) is 30.4 Å². The molecule has 3 aromatic heterocycles. The molecule has 0 bridgehead atoms. The van der Waals surface area contributed by atoms with Crippen LogP contribution in [0.15, 0.2) is 24.5 Å². The lowest BCUT2D eigenvalue weighted by Gasteiger charge is -2.26. The van der Waals surface area contributed by atoms with Gasteiger partial charge in [-0.05, 0) is 18.6 Å². The van der Waals surface area contributed by atoms with Gasteiger partial charge in [-0.15, -0.1) is 0 Å². The van der Waals surface area contributed by atoms with Crippen LogP contribution in [0.4, 0.5) is 5.95 Å². The third-order valence-corrected chi connectivity index (χ3v) is 4.68. The summed E-state index contributed by atoms with van der Waals surface area (Å²) >= 11 is 0.